The van der Waals surface area contributed by atoms with Crippen LogP contribution in [-0.2, 0) is 31.2 Å². The summed E-state index contributed by atoms with van der Waals surface area (Å²) in [5.41, 5.74) is 1.74. The van der Waals surface area contributed by atoms with Gasteiger partial charge < -0.3 is 39.7 Å². The maximum Gasteiger partial charge on any atom is 0.508 e. The molecule has 0 saturated carbocycles. The quantitative estimate of drug-likeness (QED) is 0.356. The number of nitrogens with one attached hydrogen (secondary N) is 1. The highest BCUT2D eigenvalue weighted by atomic mass is 35.5. The molecule has 4 N–H and O–H groups in total. The Hall–Kier alpha value is -2.53. The zero-order valence-corrected chi connectivity index (χ0v) is 19.4. The number of fused-ring (bicyclic) bond motifs is 2. The van der Waals surface area contributed by atoms with E-state index < -0.39 is 42.5 Å². The van der Waals surface area contributed by atoms with Crippen LogP contribution in [0.5, 0.6) is 0 Å². The summed E-state index contributed by atoms with van der Waals surface area (Å²) in [5.74, 6) is -1.81. The van der Waals surface area contributed by atoms with Crippen molar-refractivity contribution in [3.05, 3.63) is 69.7 Å². The fraction of sp³-hybridized carbons (Fsp3) is 0.417. The molecule has 0 aromatic heterocycles. The zero-order valence-electron chi connectivity index (χ0n) is 18.7. The number of aliphatic hydroxyl groups is 3. The molecule has 9 nitrogen and oxygen atoms in total. The summed E-state index contributed by atoms with van der Waals surface area (Å²) in [6, 6.07) is 12.5. The number of methoxy groups -OCH3 is 1. The van der Waals surface area contributed by atoms with Crippen LogP contribution in [0.25, 0.3) is 0 Å². The molecule has 2 saturated heterocycles. The van der Waals surface area contributed by atoms with Gasteiger partial charge in [0.15, 0.2) is 5.60 Å². The van der Waals surface area contributed by atoms with Gasteiger partial charge in [0.2, 0.25) is 5.79 Å². The fourth-order valence-corrected chi connectivity index (χ4v) is 4.50. The highest BCUT2D eigenvalue weighted by Crippen LogP contribution is 2.50. The number of hydrogen-bond acceptors (Lipinski definition) is 9. The Kier molecular flexibility index (Phi) is 6.69. The smallest absolute Gasteiger partial charge is 0.438 e. The van der Waals surface area contributed by atoms with Gasteiger partial charge in [-0.05, 0) is 42.2 Å². The van der Waals surface area contributed by atoms with Crippen LogP contribution in [0.4, 0.5) is 4.79 Å². The lowest BCUT2D eigenvalue weighted by atomic mass is 9.83. The summed E-state index contributed by atoms with van der Waals surface area (Å²) in [7, 11) is 1.14. The average Bonchev–Trinajstić information content (AvgIpc) is 3.21. The normalized spacial score (nSPS) is 30.1. The standard InChI is InChI=1S/C24H26ClNO8/c1-13(26)15-5-3-14(4-6-15)9-16-10-17(7-8-18(16)25)24-21(29)19(27)20(28)23(34-24,12-33-24)11-32-22(30)31-2/h3-8,10,19-21,26-29H,9,11-12H2,1-2H3/t19?,20-,21+,23-,24-/m0/s1. The van der Waals surface area contributed by atoms with Gasteiger partial charge in [-0.3, -0.25) is 0 Å². The molecule has 0 radical (unpaired) electrons. The van der Waals surface area contributed by atoms with E-state index in [0.717, 1.165) is 23.8 Å². The molecule has 0 spiro atoms. The Balaban J connectivity index is 1.65. The second kappa shape index (κ2) is 9.26. The van der Waals surface area contributed by atoms with Crippen LogP contribution in [0, 0.1) is 5.41 Å². The molecule has 1 unspecified atom stereocenters. The van der Waals surface area contributed by atoms with E-state index in [1.165, 1.54) is 0 Å². The minimum absolute atomic E-state index is 0.248. The molecule has 34 heavy (non-hydrogen) atoms. The summed E-state index contributed by atoms with van der Waals surface area (Å²) in [6.45, 7) is 1.01. The first-order valence-electron chi connectivity index (χ1n) is 10.6. The number of aliphatic hydroxyl groups excluding tert-OH is 3. The Morgan fingerprint density at radius 1 is 1.18 bits per heavy atom. The molecule has 2 aromatic rings. The van der Waals surface area contributed by atoms with E-state index in [1.807, 2.05) is 24.3 Å². The van der Waals surface area contributed by atoms with Gasteiger partial charge in [0.1, 0.15) is 24.9 Å². The number of carbonyl (C=O) groups is 1. The Morgan fingerprint density at radius 2 is 1.88 bits per heavy atom. The molecular weight excluding hydrogens is 466 g/mol. The van der Waals surface area contributed by atoms with Crippen LogP contribution in [0.2, 0.25) is 5.02 Å². The van der Waals surface area contributed by atoms with Crippen LogP contribution >= 0.6 is 11.6 Å². The SMILES string of the molecule is COC(=O)OC[C@@]12CO[C@@](c3ccc(Cl)c(Cc4ccc(C(C)=N)cc4)c3)(O1)[C@H](O)C(O)[C@@H]2O. The van der Waals surface area contributed by atoms with E-state index in [9.17, 15) is 20.1 Å². The van der Waals surface area contributed by atoms with Gasteiger partial charge in [0, 0.05) is 16.3 Å². The lowest BCUT2D eigenvalue weighted by Crippen LogP contribution is -2.65. The first kappa shape index (κ1) is 24.6. The lowest BCUT2D eigenvalue weighted by Gasteiger charge is -2.46. The van der Waals surface area contributed by atoms with Crippen molar-refractivity contribution in [2.24, 2.45) is 0 Å². The average molecular weight is 492 g/mol. The van der Waals surface area contributed by atoms with Crippen molar-refractivity contribution in [2.45, 2.75) is 43.0 Å². The predicted molar refractivity (Wildman–Crippen MR) is 121 cm³/mol. The molecule has 4 rings (SSSR count). The molecule has 0 aliphatic carbocycles. The molecule has 2 heterocycles. The molecule has 182 valence electrons. The summed E-state index contributed by atoms with van der Waals surface area (Å²) in [4.78, 5) is 11.5. The van der Waals surface area contributed by atoms with Crippen LogP contribution in [0.3, 0.4) is 0 Å². The minimum Gasteiger partial charge on any atom is -0.438 e. The number of carbonyl (C=O) groups excluding carboxylic acids is 1. The van der Waals surface area contributed by atoms with Crippen molar-refractivity contribution in [3.8, 4) is 0 Å². The number of ether oxygens (including phenoxy) is 4. The maximum absolute atomic E-state index is 11.5. The van der Waals surface area contributed by atoms with Crippen molar-refractivity contribution in [3.63, 3.8) is 0 Å². The van der Waals surface area contributed by atoms with Gasteiger partial charge in [-0.25, -0.2) is 4.79 Å². The molecule has 2 aliphatic rings. The van der Waals surface area contributed by atoms with Crippen LogP contribution in [-0.4, -0.2) is 71.4 Å². The highest BCUT2D eigenvalue weighted by molar-refractivity contribution is 6.31. The highest BCUT2D eigenvalue weighted by Gasteiger charge is 2.67. The molecule has 10 heteroatoms. The van der Waals surface area contributed by atoms with Gasteiger partial charge in [-0.15, -0.1) is 0 Å². The van der Waals surface area contributed by atoms with E-state index >= 15 is 0 Å². The van der Waals surface area contributed by atoms with Crippen LogP contribution in [0.1, 0.15) is 29.2 Å². The van der Waals surface area contributed by atoms with Gasteiger partial charge in [-0.2, -0.15) is 0 Å². The molecule has 2 bridgehead atoms. The fourth-order valence-electron chi connectivity index (χ4n) is 4.32. The lowest BCUT2D eigenvalue weighted by molar-refractivity contribution is -0.329. The van der Waals surface area contributed by atoms with Gasteiger partial charge in [-0.1, -0.05) is 41.9 Å². The molecular formula is C24H26ClNO8. The first-order valence-corrected chi connectivity index (χ1v) is 11.0. The van der Waals surface area contributed by atoms with E-state index in [1.54, 1.807) is 25.1 Å². The summed E-state index contributed by atoms with van der Waals surface area (Å²) in [5, 5.41) is 40.3. The van der Waals surface area contributed by atoms with Gasteiger partial charge in [0.05, 0.1) is 13.7 Å². The van der Waals surface area contributed by atoms with Crippen molar-refractivity contribution in [1.29, 1.82) is 5.41 Å². The Morgan fingerprint density at radius 3 is 2.53 bits per heavy atom. The third kappa shape index (κ3) is 4.19. The van der Waals surface area contributed by atoms with Crippen LogP contribution < -0.4 is 0 Å². The molecule has 2 aliphatic heterocycles. The maximum atomic E-state index is 11.5. The second-order valence-corrected chi connectivity index (χ2v) is 8.96. The van der Waals surface area contributed by atoms with Crippen molar-refractivity contribution in [1.82, 2.24) is 0 Å². The molecule has 2 aromatic carbocycles. The largest absolute Gasteiger partial charge is 0.508 e. The molecule has 2 fully saturated rings. The topological polar surface area (TPSA) is 139 Å². The van der Waals surface area contributed by atoms with E-state index in [2.05, 4.69) is 4.74 Å². The van der Waals surface area contributed by atoms with Crippen LogP contribution in [0.15, 0.2) is 42.5 Å². The predicted octanol–water partition coefficient (Wildman–Crippen LogP) is 2.14. The molecule has 5 atom stereocenters. The Bertz CT molecular complexity index is 1090. The number of benzene rings is 2. The minimum atomic E-state index is -1.81. The zero-order chi connectivity index (χ0) is 24.7. The Labute approximate surface area is 201 Å². The number of rotatable bonds is 6. The summed E-state index contributed by atoms with van der Waals surface area (Å²) in [6.07, 6.45) is -5.36. The van der Waals surface area contributed by atoms with E-state index in [4.69, 9.17) is 31.2 Å². The third-order valence-electron chi connectivity index (χ3n) is 6.29. The van der Waals surface area contributed by atoms with Gasteiger partial charge in [0.25, 0.3) is 0 Å². The van der Waals surface area contributed by atoms with E-state index in [-0.39, 0.29) is 6.61 Å². The number of hydrogen-bond donors (Lipinski definition) is 4. The van der Waals surface area contributed by atoms with E-state index in [0.29, 0.717) is 22.7 Å². The van der Waals surface area contributed by atoms with Crippen molar-refractivity contribution in [2.75, 3.05) is 20.3 Å². The second-order valence-electron chi connectivity index (χ2n) is 8.55. The first-order chi connectivity index (χ1) is 16.1. The summed E-state index contributed by atoms with van der Waals surface area (Å²) >= 11 is 6.44. The monoisotopic (exact) mass is 491 g/mol. The van der Waals surface area contributed by atoms with Crippen molar-refractivity contribution < 1.29 is 39.1 Å². The van der Waals surface area contributed by atoms with Gasteiger partial charge >= 0.3 is 6.16 Å². The third-order valence-corrected chi connectivity index (χ3v) is 6.66. The number of halogens is 1. The molecule has 0 amide bonds. The van der Waals surface area contributed by atoms with Crippen molar-refractivity contribution >= 4 is 23.5 Å². The summed E-state index contributed by atoms with van der Waals surface area (Å²) < 4.78 is 21.4.